The first-order valence-corrected chi connectivity index (χ1v) is 6.02. The van der Waals surface area contributed by atoms with E-state index in [-0.39, 0.29) is 12.5 Å². The van der Waals surface area contributed by atoms with Crippen molar-refractivity contribution in [3.63, 3.8) is 0 Å². The molecule has 1 aromatic carbocycles. The Kier molecular flexibility index (Phi) is 4.67. The highest BCUT2D eigenvalue weighted by molar-refractivity contribution is 5.77. The van der Waals surface area contributed by atoms with Crippen molar-refractivity contribution in [3.05, 3.63) is 42.0 Å². The van der Waals surface area contributed by atoms with E-state index in [0.29, 0.717) is 30.1 Å². The van der Waals surface area contributed by atoms with Crippen molar-refractivity contribution in [1.82, 2.24) is 20.5 Å². The molecule has 1 aromatic heterocycles. The number of hydrogen-bond acceptors (Lipinski definition) is 5. The molecule has 0 aliphatic rings. The van der Waals surface area contributed by atoms with E-state index in [1.165, 1.54) is 6.33 Å². The van der Waals surface area contributed by atoms with Crippen LogP contribution >= 0.6 is 0 Å². The molecule has 7 nitrogen and oxygen atoms in total. The number of amides is 1. The molecule has 20 heavy (non-hydrogen) atoms. The second-order valence-corrected chi connectivity index (χ2v) is 3.93. The fourth-order valence-corrected chi connectivity index (χ4v) is 1.55. The quantitative estimate of drug-likeness (QED) is 0.792. The van der Waals surface area contributed by atoms with Crippen molar-refractivity contribution in [2.75, 3.05) is 13.2 Å². The first kappa shape index (κ1) is 13.5. The summed E-state index contributed by atoms with van der Waals surface area (Å²) in [6.07, 6.45) is 1.99. The van der Waals surface area contributed by atoms with Gasteiger partial charge in [0.2, 0.25) is 0 Å². The van der Waals surface area contributed by atoms with Gasteiger partial charge < -0.3 is 10.1 Å². The molecule has 0 atom stereocenters. The minimum absolute atomic E-state index is 0.130. The van der Waals surface area contributed by atoms with Gasteiger partial charge in [0.05, 0.1) is 5.56 Å². The molecule has 0 aliphatic carbocycles. The summed E-state index contributed by atoms with van der Waals surface area (Å²) in [5, 5.41) is 18.0. The number of carbonyl (C=O) groups excluding carboxylic acids is 1. The van der Waals surface area contributed by atoms with Crippen LogP contribution in [0.3, 0.4) is 0 Å². The Morgan fingerprint density at radius 2 is 2.30 bits per heavy atom. The molecule has 2 aromatic rings. The third-order valence-corrected chi connectivity index (χ3v) is 2.52. The van der Waals surface area contributed by atoms with Crippen LogP contribution in [-0.2, 0) is 11.2 Å². The summed E-state index contributed by atoms with van der Waals surface area (Å²) in [5.41, 5.74) is 0.405. The van der Waals surface area contributed by atoms with Gasteiger partial charge in [0.25, 0.3) is 5.91 Å². The Morgan fingerprint density at radius 1 is 1.45 bits per heavy atom. The van der Waals surface area contributed by atoms with Gasteiger partial charge in [-0.15, -0.1) is 0 Å². The molecule has 0 radical (unpaired) electrons. The number of nitrogens with one attached hydrogen (secondary N) is 2. The molecule has 2 rings (SSSR count). The smallest absolute Gasteiger partial charge is 0.257 e. The lowest BCUT2D eigenvalue weighted by Crippen LogP contribution is -2.30. The van der Waals surface area contributed by atoms with Gasteiger partial charge in [-0.25, -0.2) is 4.98 Å². The Balaban J connectivity index is 1.74. The van der Waals surface area contributed by atoms with Crippen LogP contribution in [0.5, 0.6) is 5.75 Å². The SMILES string of the molecule is N#Cc1ccccc1OCC(=O)NCCc1ncn[nH]1. The number of carbonyl (C=O) groups is 1. The molecule has 1 heterocycles. The molecule has 0 spiro atoms. The standard InChI is InChI=1S/C13H13N5O2/c14-7-10-3-1-2-4-11(10)20-8-13(19)15-6-5-12-16-9-17-18-12/h1-4,9H,5-6,8H2,(H,15,19)(H,16,17,18). The van der Waals surface area contributed by atoms with Crippen molar-refractivity contribution in [2.24, 2.45) is 0 Å². The molecular weight excluding hydrogens is 258 g/mol. The van der Waals surface area contributed by atoms with Crippen molar-refractivity contribution in [1.29, 1.82) is 5.26 Å². The Hall–Kier alpha value is -2.88. The van der Waals surface area contributed by atoms with Crippen LogP contribution in [-0.4, -0.2) is 34.2 Å². The van der Waals surface area contributed by atoms with Gasteiger partial charge >= 0.3 is 0 Å². The third kappa shape index (κ3) is 3.81. The number of nitriles is 1. The molecule has 0 saturated heterocycles. The predicted octanol–water partition coefficient (Wildman–Crippen LogP) is 0.414. The van der Waals surface area contributed by atoms with Crippen LogP contribution in [0.1, 0.15) is 11.4 Å². The van der Waals surface area contributed by atoms with E-state index < -0.39 is 0 Å². The zero-order valence-electron chi connectivity index (χ0n) is 10.7. The minimum Gasteiger partial charge on any atom is -0.482 e. The second kappa shape index (κ2) is 6.89. The van der Waals surface area contributed by atoms with E-state index in [1.54, 1.807) is 24.3 Å². The van der Waals surface area contributed by atoms with Gasteiger partial charge in [-0.05, 0) is 12.1 Å². The molecule has 1 amide bonds. The lowest BCUT2D eigenvalue weighted by molar-refractivity contribution is -0.123. The van der Waals surface area contributed by atoms with Gasteiger partial charge in [0.1, 0.15) is 24.0 Å². The summed E-state index contributed by atoms with van der Waals surface area (Å²) in [7, 11) is 0. The third-order valence-electron chi connectivity index (χ3n) is 2.52. The highest BCUT2D eigenvalue weighted by atomic mass is 16.5. The number of rotatable bonds is 6. The topological polar surface area (TPSA) is 104 Å². The Labute approximate surface area is 115 Å². The summed E-state index contributed by atoms with van der Waals surface area (Å²) in [6.45, 7) is 0.312. The van der Waals surface area contributed by atoms with E-state index >= 15 is 0 Å². The maximum Gasteiger partial charge on any atom is 0.257 e. The van der Waals surface area contributed by atoms with Gasteiger partial charge in [-0.2, -0.15) is 10.4 Å². The number of benzene rings is 1. The number of aromatic nitrogens is 3. The van der Waals surface area contributed by atoms with Crippen LogP contribution in [0.15, 0.2) is 30.6 Å². The molecule has 102 valence electrons. The van der Waals surface area contributed by atoms with E-state index in [9.17, 15) is 4.79 Å². The van der Waals surface area contributed by atoms with Crippen LogP contribution in [0.2, 0.25) is 0 Å². The van der Waals surface area contributed by atoms with E-state index in [1.807, 2.05) is 6.07 Å². The first-order valence-electron chi connectivity index (χ1n) is 6.02. The monoisotopic (exact) mass is 271 g/mol. The number of hydrogen-bond donors (Lipinski definition) is 2. The molecule has 0 bridgehead atoms. The van der Waals surface area contributed by atoms with Gasteiger partial charge in [-0.3, -0.25) is 9.89 Å². The van der Waals surface area contributed by atoms with Crippen molar-refractivity contribution < 1.29 is 9.53 Å². The summed E-state index contributed by atoms with van der Waals surface area (Å²) in [4.78, 5) is 15.5. The number of H-pyrrole nitrogens is 1. The summed E-state index contributed by atoms with van der Waals surface area (Å²) < 4.78 is 5.31. The lowest BCUT2D eigenvalue weighted by Gasteiger charge is -2.07. The highest BCUT2D eigenvalue weighted by Crippen LogP contribution is 2.15. The van der Waals surface area contributed by atoms with Gasteiger partial charge in [0.15, 0.2) is 6.61 Å². The first-order chi connectivity index (χ1) is 9.79. The van der Waals surface area contributed by atoms with Crippen LogP contribution in [0.25, 0.3) is 0 Å². The molecule has 7 heteroatoms. The number of ether oxygens (including phenoxy) is 1. The molecular formula is C13H13N5O2. The highest BCUT2D eigenvalue weighted by Gasteiger charge is 2.06. The molecule has 0 aliphatic heterocycles. The lowest BCUT2D eigenvalue weighted by atomic mass is 10.2. The summed E-state index contributed by atoms with van der Waals surface area (Å²) >= 11 is 0. The molecule has 2 N–H and O–H groups in total. The van der Waals surface area contributed by atoms with Gasteiger partial charge in [-0.1, -0.05) is 12.1 Å². The fourth-order valence-electron chi connectivity index (χ4n) is 1.55. The number of nitrogens with zero attached hydrogens (tertiary/aromatic N) is 3. The maximum absolute atomic E-state index is 11.6. The average Bonchev–Trinajstić information content (AvgIpc) is 2.98. The minimum atomic E-state index is -0.253. The van der Waals surface area contributed by atoms with E-state index in [0.717, 1.165) is 0 Å². The van der Waals surface area contributed by atoms with E-state index in [2.05, 4.69) is 20.5 Å². The number of para-hydroxylation sites is 1. The zero-order chi connectivity index (χ0) is 14.2. The molecule has 0 fully saturated rings. The van der Waals surface area contributed by atoms with Crippen LogP contribution < -0.4 is 10.1 Å². The molecule has 0 unspecified atom stereocenters. The van der Waals surface area contributed by atoms with Crippen LogP contribution in [0.4, 0.5) is 0 Å². The Bertz CT molecular complexity index is 603. The summed E-state index contributed by atoms with van der Waals surface area (Å²) in [5.74, 6) is 0.860. The second-order valence-electron chi connectivity index (χ2n) is 3.93. The number of aromatic amines is 1. The van der Waals surface area contributed by atoms with Gasteiger partial charge in [0, 0.05) is 13.0 Å². The van der Waals surface area contributed by atoms with E-state index in [4.69, 9.17) is 10.00 Å². The average molecular weight is 271 g/mol. The van der Waals surface area contributed by atoms with Crippen molar-refractivity contribution >= 4 is 5.91 Å². The fraction of sp³-hybridized carbons (Fsp3) is 0.231. The normalized spacial score (nSPS) is 9.75. The largest absolute Gasteiger partial charge is 0.482 e. The zero-order valence-corrected chi connectivity index (χ0v) is 10.7. The Morgan fingerprint density at radius 3 is 3.05 bits per heavy atom. The van der Waals surface area contributed by atoms with Crippen LogP contribution in [0, 0.1) is 11.3 Å². The van der Waals surface area contributed by atoms with Crippen molar-refractivity contribution in [3.8, 4) is 11.8 Å². The predicted molar refractivity (Wildman–Crippen MR) is 69.7 cm³/mol. The van der Waals surface area contributed by atoms with Crippen molar-refractivity contribution in [2.45, 2.75) is 6.42 Å². The summed E-state index contributed by atoms with van der Waals surface area (Å²) in [6, 6.07) is 8.78. The molecule has 0 saturated carbocycles. The maximum atomic E-state index is 11.6.